The summed E-state index contributed by atoms with van der Waals surface area (Å²) in [5.41, 5.74) is 0. The van der Waals surface area contributed by atoms with Gasteiger partial charge in [0.05, 0.1) is 22.9 Å². The highest BCUT2D eigenvalue weighted by molar-refractivity contribution is 7.93. The Balaban J connectivity index is 2.02. The van der Waals surface area contributed by atoms with Crippen molar-refractivity contribution in [3.8, 4) is 0 Å². The zero-order chi connectivity index (χ0) is 15.7. The molecule has 1 aliphatic heterocycles. The zero-order valence-corrected chi connectivity index (χ0v) is 13.2. The van der Waals surface area contributed by atoms with Crippen LogP contribution in [0.4, 0.5) is 0 Å². The third-order valence-corrected chi connectivity index (χ3v) is 6.86. The molecular formula is C17H20O4S. The Labute approximate surface area is 131 Å². The van der Waals surface area contributed by atoms with Crippen molar-refractivity contribution >= 4 is 9.84 Å². The minimum atomic E-state index is -3.50. The van der Waals surface area contributed by atoms with Crippen molar-refractivity contribution in [2.75, 3.05) is 13.2 Å². The number of hydrogen-bond donors (Lipinski definition) is 0. The maximum Gasteiger partial charge on any atom is 0.188 e. The predicted octanol–water partition coefficient (Wildman–Crippen LogP) is 2.87. The lowest BCUT2D eigenvalue weighted by atomic mass is 9.88. The molecule has 3 rings (SSSR count). The van der Waals surface area contributed by atoms with Crippen LogP contribution in [0.25, 0.3) is 0 Å². The van der Waals surface area contributed by atoms with Crippen molar-refractivity contribution in [2.45, 2.75) is 34.7 Å². The average molecular weight is 320 g/mol. The largest absolute Gasteiger partial charge is 0.344 e. The maximum absolute atomic E-state index is 13.1. The van der Waals surface area contributed by atoms with Crippen LogP contribution < -0.4 is 0 Å². The molecule has 5 heteroatoms. The van der Waals surface area contributed by atoms with E-state index >= 15 is 0 Å². The van der Waals surface area contributed by atoms with Gasteiger partial charge >= 0.3 is 0 Å². The molecule has 4 nitrogen and oxygen atoms in total. The van der Waals surface area contributed by atoms with Crippen LogP contribution in [0.3, 0.4) is 0 Å². The van der Waals surface area contributed by atoms with Crippen LogP contribution in [-0.2, 0) is 19.3 Å². The van der Waals surface area contributed by atoms with Gasteiger partial charge in [-0.15, -0.1) is 6.58 Å². The van der Waals surface area contributed by atoms with Crippen molar-refractivity contribution < 1.29 is 17.9 Å². The van der Waals surface area contributed by atoms with E-state index in [9.17, 15) is 8.42 Å². The van der Waals surface area contributed by atoms with Crippen LogP contribution in [0.1, 0.15) is 19.3 Å². The molecule has 0 amide bonds. The Morgan fingerprint density at radius 3 is 2.32 bits per heavy atom. The summed E-state index contributed by atoms with van der Waals surface area (Å²) in [6.07, 6.45) is 6.53. The monoisotopic (exact) mass is 320 g/mol. The Morgan fingerprint density at radius 2 is 1.77 bits per heavy atom. The van der Waals surface area contributed by atoms with Crippen molar-refractivity contribution in [3.63, 3.8) is 0 Å². The molecule has 1 aromatic rings. The molecule has 2 aliphatic rings. The van der Waals surface area contributed by atoms with E-state index in [4.69, 9.17) is 9.47 Å². The Hall–Kier alpha value is -1.43. The highest BCUT2D eigenvalue weighted by atomic mass is 32.2. The number of rotatable bonds is 4. The highest BCUT2D eigenvalue weighted by Crippen LogP contribution is 2.43. The molecule has 1 aliphatic carbocycles. The average Bonchev–Trinajstić information content (AvgIpc) is 2.99. The summed E-state index contributed by atoms with van der Waals surface area (Å²) in [6.45, 7) is 4.83. The summed E-state index contributed by atoms with van der Waals surface area (Å²) >= 11 is 0. The van der Waals surface area contributed by atoms with E-state index in [-0.39, 0.29) is 0 Å². The lowest BCUT2D eigenvalue weighted by Gasteiger charge is -2.37. The standard InChI is InChI=1S/C17H20O4S/c1-2-8-16(22(18,19)15-6-4-3-5-7-15)9-11-17(12-10-16)20-13-14-21-17/h2-7,9,11H,1,8,10,12-14H2. The quantitative estimate of drug-likeness (QED) is 0.801. The van der Waals surface area contributed by atoms with Crippen LogP contribution >= 0.6 is 0 Å². The van der Waals surface area contributed by atoms with E-state index in [2.05, 4.69) is 6.58 Å². The zero-order valence-electron chi connectivity index (χ0n) is 12.4. The fourth-order valence-corrected chi connectivity index (χ4v) is 5.06. The molecule has 1 heterocycles. The second-order valence-corrected chi connectivity index (χ2v) is 8.01. The van der Waals surface area contributed by atoms with E-state index in [1.165, 1.54) is 0 Å². The number of hydrogen-bond acceptors (Lipinski definition) is 4. The van der Waals surface area contributed by atoms with E-state index in [0.717, 1.165) is 0 Å². The third-order valence-electron chi connectivity index (χ3n) is 4.39. The van der Waals surface area contributed by atoms with Crippen LogP contribution in [0.5, 0.6) is 0 Å². The molecule has 0 radical (unpaired) electrons. The van der Waals surface area contributed by atoms with Crippen molar-refractivity contribution in [1.29, 1.82) is 0 Å². The summed E-state index contributed by atoms with van der Waals surface area (Å²) in [4.78, 5) is 0.339. The van der Waals surface area contributed by atoms with Gasteiger partial charge in [-0.1, -0.05) is 30.4 Å². The van der Waals surface area contributed by atoms with E-state index < -0.39 is 20.4 Å². The maximum atomic E-state index is 13.1. The number of allylic oxidation sites excluding steroid dienone is 1. The summed E-state index contributed by atoms with van der Waals surface area (Å²) in [7, 11) is -3.50. The first-order valence-corrected chi connectivity index (χ1v) is 8.91. The van der Waals surface area contributed by atoms with Gasteiger partial charge in [0.1, 0.15) is 0 Å². The first-order valence-electron chi connectivity index (χ1n) is 7.43. The molecule has 22 heavy (non-hydrogen) atoms. The number of benzene rings is 1. The molecule has 1 spiro atoms. The second-order valence-electron chi connectivity index (χ2n) is 5.72. The molecule has 1 aromatic carbocycles. The molecule has 1 fully saturated rings. The summed E-state index contributed by atoms with van der Waals surface area (Å²) in [5.74, 6) is -0.739. The topological polar surface area (TPSA) is 52.6 Å². The fraction of sp³-hybridized carbons (Fsp3) is 0.412. The van der Waals surface area contributed by atoms with Gasteiger partial charge in [0.25, 0.3) is 0 Å². The molecule has 118 valence electrons. The molecule has 0 bridgehead atoms. The first kappa shape index (κ1) is 15.5. The highest BCUT2D eigenvalue weighted by Gasteiger charge is 2.48. The third kappa shape index (κ3) is 2.43. The molecule has 0 saturated carbocycles. The predicted molar refractivity (Wildman–Crippen MR) is 84.2 cm³/mol. The molecule has 1 saturated heterocycles. The van der Waals surface area contributed by atoms with Crippen molar-refractivity contribution in [2.24, 2.45) is 0 Å². The molecular weight excluding hydrogens is 300 g/mol. The van der Waals surface area contributed by atoms with E-state index in [1.54, 1.807) is 42.5 Å². The van der Waals surface area contributed by atoms with Gasteiger partial charge in [-0.05, 0) is 31.1 Å². The Bertz CT molecular complexity index is 672. The number of ether oxygens (including phenoxy) is 2. The molecule has 0 aromatic heterocycles. The van der Waals surface area contributed by atoms with Crippen LogP contribution in [0.2, 0.25) is 0 Å². The second kappa shape index (κ2) is 5.65. The summed E-state index contributed by atoms with van der Waals surface area (Å²) in [6, 6.07) is 8.57. The minimum absolute atomic E-state index is 0.339. The van der Waals surface area contributed by atoms with Gasteiger partial charge < -0.3 is 9.47 Å². The van der Waals surface area contributed by atoms with Gasteiger partial charge in [-0.2, -0.15) is 0 Å². The van der Waals surface area contributed by atoms with E-state index in [0.29, 0.717) is 37.4 Å². The number of sulfone groups is 1. The lowest BCUT2D eigenvalue weighted by Crippen LogP contribution is -2.44. The van der Waals surface area contributed by atoms with E-state index in [1.807, 2.05) is 6.07 Å². The first-order chi connectivity index (χ1) is 10.5. The Kier molecular flexibility index (Phi) is 3.97. The van der Waals surface area contributed by atoms with Gasteiger partial charge in [-0.3, -0.25) is 0 Å². The normalized spacial score (nSPS) is 27.1. The van der Waals surface area contributed by atoms with Crippen molar-refractivity contribution in [1.82, 2.24) is 0 Å². The fourth-order valence-electron chi connectivity index (χ4n) is 3.12. The van der Waals surface area contributed by atoms with Gasteiger partial charge in [0.2, 0.25) is 0 Å². The van der Waals surface area contributed by atoms with Crippen LogP contribution in [-0.4, -0.2) is 32.2 Å². The molecule has 1 unspecified atom stereocenters. The van der Waals surface area contributed by atoms with Crippen LogP contribution in [0, 0.1) is 0 Å². The van der Waals surface area contributed by atoms with Gasteiger partial charge in [0, 0.05) is 6.42 Å². The molecule has 0 N–H and O–H groups in total. The Morgan fingerprint density at radius 1 is 1.09 bits per heavy atom. The minimum Gasteiger partial charge on any atom is -0.344 e. The lowest BCUT2D eigenvalue weighted by molar-refractivity contribution is -0.126. The molecule has 1 atom stereocenters. The van der Waals surface area contributed by atoms with Crippen molar-refractivity contribution in [3.05, 3.63) is 55.1 Å². The smallest absolute Gasteiger partial charge is 0.188 e. The van der Waals surface area contributed by atoms with Gasteiger partial charge in [-0.25, -0.2) is 8.42 Å². The van der Waals surface area contributed by atoms with Crippen LogP contribution in [0.15, 0.2) is 60.0 Å². The summed E-state index contributed by atoms with van der Waals surface area (Å²) in [5, 5.41) is 0. The van der Waals surface area contributed by atoms with Gasteiger partial charge in [0.15, 0.2) is 15.6 Å². The summed E-state index contributed by atoms with van der Waals surface area (Å²) < 4.78 is 36.6. The SMILES string of the molecule is C=CCC1(S(=O)(=O)c2ccccc2)C=CC2(CC1)OCCO2.